The normalized spacial score (nSPS) is 9.90. The molecule has 1 aromatic rings. The lowest BCUT2D eigenvalue weighted by molar-refractivity contribution is -0.137. The molecule has 0 bridgehead atoms. The third-order valence-electron chi connectivity index (χ3n) is 2.86. The maximum Gasteiger partial charge on any atom is 0.323 e. The third-order valence-corrected chi connectivity index (χ3v) is 2.86. The van der Waals surface area contributed by atoms with Gasteiger partial charge in [-0.3, -0.25) is 4.79 Å². The molecule has 1 aromatic carbocycles. The molecule has 0 radical (unpaired) electrons. The monoisotopic (exact) mass is 279 g/mol. The molecule has 6 nitrogen and oxygen atoms in total. The molecule has 0 atom stereocenters. The van der Waals surface area contributed by atoms with Gasteiger partial charge in [0.25, 0.3) is 0 Å². The first kappa shape index (κ1) is 15.8. The zero-order valence-electron chi connectivity index (χ0n) is 11.9. The molecule has 20 heavy (non-hydrogen) atoms. The van der Waals surface area contributed by atoms with Crippen molar-refractivity contribution in [2.24, 2.45) is 0 Å². The number of anilines is 1. The van der Waals surface area contributed by atoms with E-state index in [1.165, 1.54) is 7.05 Å². The van der Waals surface area contributed by atoms with Crippen LogP contribution < -0.4 is 10.2 Å². The van der Waals surface area contributed by atoms with Crippen LogP contribution in [0.2, 0.25) is 0 Å². The van der Waals surface area contributed by atoms with E-state index in [9.17, 15) is 9.59 Å². The van der Waals surface area contributed by atoms with E-state index < -0.39 is 5.97 Å². The Kier molecular flexibility index (Phi) is 6.36. The zero-order chi connectivity index (χ0) is 15.0. The van der Waals surface area contributed by atoms with E-state index >= 15 is 0 Å². The molecular weight excluding hydrogens is 258 g/mol. The molecule has 0 aliphatic rings. The lowest BCUT2D eigenvalue weighted by atomic mass is 10.3. The molecule has 2 N–H and O–H groups in total. The number of rotatable bonds is 7. The van der Waals surface area contributed by atoms with Crippen LogP contribution in [0.4, 0.5) is 10.5 Å². The second-order valence-electron chi connectivity index (χ2n) is 4.59. The van der Waals surface area contributed by atoms with Crippen LogP contribution in [0.25, 0.3) is 0 Å². The van der Waals surface area contributed by atoms with Gasteiger partial charge < -0.3 is 20.2 Å². The number of carbonyl (C=O) groups excluding carboxylic acids is 1. The number of amides is 2. The number of urea groups is 1. The van der Waals surface area contributed by atoms with Gasteiger partial charge in [-0.05, 0) is 18.6 Å². The van der Waals surface area contributed by atoms with Crippen LogP contribution in [0.1, 0.15) is 6.42 Å². The molecule has 0 saturated heterocycles. The standard InChI is InChI=1S/C14H21N3O3/c1-16(12-7-4-3-5-8-12)10-6-9-15-14(20)17(2)11-13(18)19/h3-5,7-8H,6,9-11H2,1-2H3,(H,15,20)(H,18,19). The summed E-state index contributed by atoms with van der Waals surface area (Å²) >= 11 is 0. The highest BCUT2D eigenvalue weighted by molar-refractivity contribution is 5.79. The Balaban J connectivity index is 2.21. The highest BCUT2D eigenvalue weighted by Gasteiger charge is 2.10. The van der Waals surface area contributed by atoms with Crippen molar-refractivity contribution in [3.63, 3.8) is 0 Å². The van der Waals surface area contributed by atoms with Gasteiger partial charge in [-0.1, -0.05) is 18.2 Å². The first-order valence-corrected chi connectivity index (χ1v) is 6.47. The van der Waals surface area contributed by atoms with Crippen LogP contribution in [-0.2, 0) is 4.79 Å². The maximum atomic E-state index is 11.5. The number of carboxylic acid groups (broad SMARTS) is 1. The Morgan fingerprint density at radius 2 is 1.85 bits per heavy atom. The number of carbonyl (C=O) groups is 2. The minimum Gasteiger partial charge on any atom is -0.480 e. The van der Waals surface area contributed by atoms with Gasteiger partial charge in [0.15, 0.2) is 0 Å². The van der Waals surface area contributed by atoms with Crippen LogP contribution in [0, 0.1) is 0 Å². The van der Waals surface area contributed by atoms with Gasteiger partial charge in [0, 0.05) is 32.9 Å². The number of hydrogen-bond donors (Lipinski definition) is 2. The van der Waals surface area contributed by atoms with E-state index in [4.69, 9.17) is 5.11 Å². The molecule has 1 rings (SSSR count). The molecule has 0 heterocycles. The topological polar surface area (TPSA) is 72.9 Å². The average molecular weight is 279 g/mol. The number of nitrogens with one attached hydrogen (secondary N) is 1. The SMILES string of the molecule is CN(CC(=O)O)C(=O)NCCCN(C)c1ccccc1. The smallest absolute Gasteiger partial charge is 0.323 e. The molecule has 0 aromatic heterocycles. The summed E-state index contributed by atoms with van der Waals surface area (Å²) in [6, 6.07) is 9.62. The molecule has 0 unspecified atom stereocenters. The Bertz CT molecular complexity index is 437. The van der Waals surface area contributed by atoms with Crippen molar-refractivity contribution in [2.45, 2.75) is 6.42 Å². The number of benzene rings is 1. The second-order valence-corrected chi connectivity index (χ2v) is 4.59. The molecule has 0 aliphatic heterocycles. The van der Waals surface area contributed by atoms with E-state index in [0.29, 0.717) is 6.54 Å². The van der Waals surface area contributed by atoms with Gasteiger partial charge in [0.2, 0.25) is 0 Å². The number of aliphatic carboxylic acids is 1. The summed E-state index contributed by atoms with van der Waals surface area (Å²) < 4.78 is 0. The van der Waals surface area contributed by atoms with E-state index in [-0.39, 0.29) is 12.6 Å². The van der Waals surface area contributed by atoms with Crippen LogP contribution in [-0.4, -0.2) is 55.7 Å². The number of likely N-dealkylation sites (N-methyl/N-ethyl adjacent to an activating group) is 1. The molecule has 0 saturated carbocycles. The molecule has 0 spiro atoms. The fraction of sp³-hybridized carbons (Fsp3) is 0.429. The molecular formula is C14H21N3O3. The van der Waals surface area contributed by atoms with Crippen molar-refractivity contribution in [3.05, 3.63) is 30.3 Å². The van der Waals surface area contributed by atoms with Crippen LogP contribution in [0.15, 0.2) is 30.3 Å². The highest BCUT2D eigenvalue weighted by Crippen LogP contribution is 2.10. The lowest BCUT2D eigenvalue weighted by Gasteiger charge is -2.20. The van der Waals surface area contributed by atoms with Gasteiger partial charge in [-0.15, -0.1) is 0 Å². The largest absolute Gasteiger partial charge is 0.480 e. The van der Waals surface area contributed by atoms with Crippen molar-refractivity contribution in [2.75, 3.05) is 38.6 Å². The fourth-order valence-electron chi connectivity index (χ4n) is 1.73. The predicted octanol–water partition coefficient (Wildman–Crippen LogP) is 1.24. The predicted molar refractivity (Wildman–Crippen MR) is 78.0 cm³/mol. The molecule has 2 amide bonds. The van der Waals surface area contributed by atoms with Gasteiger partial charge in [-0.2, -0.15) is 0 Å². The Morgan fingerprint density at radius 3 is 2.45 bits per heavy atom. The van der Waals surface area contributed by atoms with Crippen LogP contribution in [0.5, 0.6) is 0 Å². The van der Waals surface area contributed by atoms with Crippen molar-refractivity contribution < 1.29 is 14.7 Å². The Labute approximate surface area is 119 Å². The zero-order valence-corrected chi connectivity index (χ0v) is 11.9. The van der Waals surface area contributed by atoms with Gasteiger partial charge in [0.05, 0.1) is 0 Å². The number of para-hydroxylation sites is 1. The second kappa shape index (κ2) is 8.04. The quantitative estimate of drug-likeness (QED) is 0.737. The molecule has 6 heteroatoms. The van der Waals surface area contributed by atoms with Crippen LogP contribution in [0.3, 0.4) is 0 Å². The minimum atomic E-state index is -1.02. The number of nitrogens with zero attached hydrogens (tertiary/aromatic N) is 2. The maximum absolute atomic E-state index is 11.5. The van der Waals surface area contributed by atoms with E-state index in [1.54, 1.807) is 0 Å². The summed E-state index contributed by atoms with van der Waals surface area (Å²) in [7, 11) is 3.45. The van der Waals surface area contributed by atoms with Crippen molar-refractivity contribution >= 4 is 17.7 Å². The summed E-state index contributed by atoms with van der Waals surface area (Å²) in [4.78, 5) is 25.2. The van der Waals surface area contributed by atoms with Gasteiger partial charge in [-0.25, -0.2) is 4.79 Å². The first-order valence-electron chi connectivity index (χ1n) is 6.47. The summed E-state index contributed by atoms with van der Waals surface area (Å²) in [6.07, 6.45) is 0.790. The van der Waals surface area contributed by atoms with Crippen LogP contribution >= 0.6 is 0 Å². The van der Waals surface area contributed by atoms with Gasteiger partial charge in [0.1, 0.15) is 6.54 Å². The molecule has 0 aliphatic carbocycles. The average Bonchev–Trinajstić information content (AvgIpc) is 2.43. The Hall–Kier alpha value is -2.24. The number of hydrogen-bond acceptors (Lipinski definition) is 3. The first-order chi connectivity index (χ1) is 9.50. The van der Waals surface area contributed by atoms with E-state index in [2.05, 4.69) is 10.2 Å². The van der Waals surface area contributed by atoms with E-state index in [1.807, 2.05) is 37.4 Å². The van der Waals surface area contributed by atoms with Gasteiger partial charge >= 0.3 is 12.0 Å². The van der Waals surface area contributed by atoms with Crippen molar-refractivity contribution in [1.29, 1.82) is 0 Å². The highest BCUT2D eigenvalue weighted by atomic mass is 16.4. The summed E-state index contributed by atoms with van der Waals surface area (Å²) in [6.45, 7) is 1.03. The van der Waals surface area contributed by atoms with Crippen molar-refractivity contribution in [1.82, 2.24) is 10.2 Å². The Morgan fingerprint density at radius 1 is 1.20 bits per heavy atom. The third kappa shape index (κ3) is 5.60. The molecule has 110 valence electrons. The van der Waals surface area contributed by atoms with E-state index in [0.717, 1.165) is 23.6 Å². The lowest BCUT2D eigenvalue weighted by Crippen LogP contribution is -2.40. The molecule has 0 fully saturated rings. The summed E-state index contributed by atoms with van der Waals surface area (Å²) in [5.41, 5.74) is 1.13. The fourth-order valence-corrected chi connectivity index (χ4v) is 1.73. The summed E-state index contributed by atoms with van der Waals surface area (Å²) in [5, 5.41) is 11.3. The van der Waals surface area contributed by atoms with Crippen molar-refractivity contribution in [3.8, 4) is 0 Å². The summed E-state index contributed by atoms with van der Waals surface area (Å²) in [5.74, 6) is -1.02. The number of carboxylic acids is 1. The minimum absolute atomic E-state index is 0.296.